The van der Waals surface area contributed by atoms with Crippen molar-refractivity contribution in [1.82, 2.24) is 5.32 Å². The average molecular weight is 217 g/mol. The molecule has 82 valence electrons. The third-order valence-corrected chi connectivity index (χ3v) is 3.54. The number of hydrogen-bond acceptors (Lipinski definition) is 3. The first kappa shape index (κ1) is 11.9. The van der Waals surface area contributed by atoms with Gasteiger partial charge in [-0.3, -0.25) is 4.79 Å². The van der Waals surface area contributed by atoms with E-state index in [0.717, 1.165) is 19.4 Å². The molecule has 1 aliphatic heterocycles. The summed E-state index contributed by atoms with van der Waals surface area (Å²) in [5.41, 5.74) is 0. The van der Waals surface area contributed by atoms with Crippen molar-refractivity contribution in [2.24, 2.45) is 0 Å². The molecule has 3 nitrogen and oxygen atoms in total. The molecule has 0 radical (unpaired) electrons. The summed E-state index contributed by atoms with van der Waals surface area (Å²) in [6, 6.07) is 0.139. The van der Waals surface area contributed by atoms with Crippen LogP contribution in [0.3, 0.4) is 0 Å². The molecule has 0 saturated carbocycles. The zero-order valence-electron chi connectivity index (χ0n) is 9.08. The van der Waals surface area contributed by atoms with Crippen LogP contribution in [0, 0.1) is 0 Å². The maximum absolute atomic E-state index is 11.6. The summed E-state index contributed by atoms with van der Waals surface area (Å²) < 4.78 is 5.51. The Hall–Kier alpha value is -0.220. The van der Waals surface area contributed by atoms with E-state index in [9.17, 15) is 4.79 Å². The number of carbonyl (C=O) groups is 1. The Labute approximate surface area is 90.0 Å². The van der Waals surface area contributed by atoms with Gasteiger partial charge < -0.3 is 10.1 Å². The van der Waals surface area contributed by atoms with Gasteiger partial charge in [0.25, 0.3) is 0 Å². The van der Waals surface area contributed by atoms with Gasteiger partial charge in [-0.1, -0.05) is 0 Å². The minimum Gasteiger partial charge on any atom is -0.376 e. The second kappa shape index (κ2) is 5.61. The first-order chi connectivity index (χ1) is 6.65. The smallest absolute Gasteiger partial charge is 0.233 e. The topological polar surface area (TPSA) is 38.3 Å². The SMILES string of the molecule is CS[C@H](C)C(=O)N[C@H](C)[C@H]1CCCO1. The Morgan fingerprint density at radius 3 is 2.79 bits per heavy atom. The van der Waals surface area contributed by atoms with Gasteiger partial charge in [0.2, 0.25) is 5.91 Å². The predicted molar refractivity (Wildman–Crippen MR) is 59.6 cm³/mol. The maximum atomic E-state index is 11.6. The minimum atomic E-state index is 0.0267. The molecule has 0 unspecified atom stereocenters. The molecule has 1 heterocycles. The minimum absolute atomic E-state index is 0.0267. The molecule has 0 spiro atoms. The summed E-state index contributed by atoms with van der Waals surface area (Å²) >= 11 is 1.56. The molecule has 0 aliphatic carbocycles. The van der Waals surface area contributed by atoms with E-state index in [2.05, 4.69) is 5.32 Å². The molecule has 0 aromatic carbocycles. The number of hydrogen-bond donors (Lipinski definition) is 1. The quantitative estimate of drug-likeness (QED) is 0.774. The Kier molecular flexibility index (Phi) is 4.75. The highest BCUT2D eigenvalue weighted by Crippen LogP contribution is 2.16. The fourth-order valence-electron chi connectivity index (χ4n) is 1.54. The Morgan fingerprint density at radius 2 is 2.29 bits per heavy atom. The molecule has 1 amide bonds. The fraction of sp³-hybridized carbons (Fsp3) is 0.900. The van der Waals surface area contributed by atoms with Crippen molar-refractivity contribution < 1.29 is 9.53 Å². The van der Waals surface area contributed by atoms with Crippen LogP contribution in [0.1, 0.15) is 26.7 Å². The molecular weight excluding hydrogens is 198 g/mol. The van der Waals surface area contributed by atoms with E-state index in [-0.39, 0.29) is 23.3 Å². The van der Waals surface area contributed by atoms with E-state index in [1.54, 1.807) is 11.8 Å². The Bertz CT molecular complexity index is 193. The van der Waals surface area contributed by atoms with Crippen LogP contribution in [0.2, 0.25) is 0 Å². The number of nitrogens with one attached hydrogen (secondary N) is 1. The van der Waals surface area contributed by atoms with E-state index in [4.69, 9.17) is 4.74 Å². The van der Waals surface area contributed by atoms with E-state index >= 15 is 0 Å². The second-order valence-corrected chi connectivity index (χ2v) is 4.91. The summed E-state index contributed by atoms with van der Waals surface area (Å²) in [5, 5.41) is 3.01. The Morgan fingerprint density at radius 1 is 1.57 bits per heavy atom. The number of thioether (sulfide) groups is 1. The van der Waals surface area contributed by atoms with Gasteiger partial charge in [-0.15, -0.1) is 0 Å². The summed E-state index contributed by atoms with van der Waals surface area (Å²) in [5.74, 6) is 0.112. The molecule has 4 heteroatoms. The van der Waals surface area contributed by atoms with E-state index in [1.807, 2.05) is 20.1 Å². The van der Waals surface area contributed by atoms with E-state index in [1.165, 1.54) is 0 Å². The van der Waals surface area contributed by atoms with Gasteiger partial charge in [-0.05, 0) is 32.9 Å². The molecule has 14 heavy (non-hydrogen) atoms. The molecular formula is C10H19NO2S. The predicted octanol–water partition coefficient (Wildman–Crippen LogP) is 1.42. The lowest BCUT2D eigenvalue weighted by Gasteiger charge is -2.21. The average Bonchev–Trinajstić information content (AvgIpc) is 2.69. The van der Waals surface area contributed by atoms with Crippen molar-refractivity contribution in [2.75, 3.05) is 12.9 Å². The van der Waals surface area contributed by atoms with Gasteiger partial charge in [0.05, 0.1) is 17.4 Å². The van der Waals surface area contributed by atoms with Crippen LogP contribution in [-0.2, 0) is 9.53 Å². The zero-order valence-corrected chi connectivity index (χ0v) is 9.89. The van der Waals surface area contributed by atoms with E-state index < -0.39 is 0 Å². The summed E-state index contributed by atoms with van der Waals surface area (Å²) in [6.45, 7) is 4.77. The van der Waals surface area contributed by atoms with Crippen LogP contribution < -0.4 is 5.32 Å². The lowest BCUT2D eigenvalue weighted by atomic mass is 10.1. The lowest BCUT2D eigenvalue weighted by Crippen LogP contribution is -2.43. The molecule has 1 fully saturated rings. The highest BCUT2D eigenvalue weighted by Gasteiger charge is 2.24. The molecule has 0 aromatic rings. The monoisotopic (exact) mass is 217 g/mol. The van der Waals surface area contributed by atoms with Crippen molar-refractivity contribution in [3.63, 3.8) is 0 Å². The van der Waals surface area contributed by atoms with Crippen molar-refractivity contribution in [2.45, 2.75) is 44.1 Å². The normalized spacial score (nSPS) is 25.8. The van der Waals surface area contributed by atoms with Crippen LogP contribution in [0.25, 0.3) is 0 Å². The van der Waals surface area contributed by atoms with Crippen molar-refractivity contribution in [3.8, 4) is 0 Å². The number of ether oxygens (including phenoxy) is 1. The first-order valence-electron chi connectivity index (χ1n) is 5.10. The molecule has 0 bridgehead atoms. The summed E-state index contributed by atoms with van der Waals surface area (Å²) in [7, 11) is 0. The van der Waals surface area contributed by atoms with Gasteiger partial charge in [-0.25, -0.2) is 0 Å². The van der Waals surface area contributed by atoms with Crippen LogP contribution in [0.5, 0.6) is 0 Å². The van der Waals surface area contributed by atoms with Crippen LogP contribution in [0.15, 0.2) is 0 Å². The number of rotatable bonds is 4. The molecule has 1 N–H and O–H groups in total. The van der Waals surface area contributed by atoms with Crippen molar-refractivity contribution >= 4 is 17.7 Å². The van der Waals surface area contributed by atoms with Gasteiger partial charge >= 0.3 is 0 Å². The van der Waals surface area contributed by atoms with Gasteiger partial charge in [0.15, 0.2) is 0 Å². The van der Waals surface area contributed by atoms with Crippen LogP contribution in [-0.4, -0.2) is 36.2 Å². The molecule has 0 aromatic heterocycles. The fourth-order valence-corrected chi connectivity index (χ4v) is 1.82. The third-order valence-electron chi connectivity index (χ3n) is 2.62. The molecule has 1 saturated heterocycles. The first-order valence-corrected chi connectivity index (χ1v) is 6.38. The van der Waals surface area contributed by atoms with Gasteiger partial charge in [-0.2, -0.15) is 11.8 Å². The summed E-state index contributed by atoms with van der Waals surface area (Å²) in [6.07, 6.45) is 4.34. The summed E-state index contributed by atoms with van der Waals surface area (Å²) in [4.78, 5) is 11.6. The van der Waals surface area contributed by atoms with Gasteiger partial charge in [0.1, 0.15) is 0 Å². The third kappa shape index (κ3) is 3.17. The van der Waals surface area contributed by atoms with Crippen LogP contribution >= 0.6 is 11.8 Å². The number of amides is 1. The number of carbonyl (C=O) groups excluding carboxylic acids is 1. The largest absolute Gasteiger partial charge is 0.376 e. The highest BCUT2D eigenvalue weighted by atomic mass is 32.2. The molecule has 3 atom stereocenters. The van der Waals surface area contributed by atoms with Crippen molar-refractivity contribution in [1.29, 1.82) is 0 Å². The lowest BCUT2D eigenvalue weighted by molar-refractivity contribution is -0.121. The standard InChI is InChI=1S/C10H19NO2S/c1-7(9-5-4-6-13-9)11-10(12)8(2)14-3/h7-9H,4-6H2,1-3H3,(H,11,12)/t7-,8-,9-/m1/s1. The Balaban J connectivity index is 2.31. The van der Waals surface area contributed by atoms with Gasteiger partial charge in [0, 0.05) is 6.61 Å². The maximum Gasteiger partial charge on any atom is 0.233 e. The van der Waals surface area contributed by atoms with Crippen molar-refractivity contribution in [3.05, 3.63) is 0 Å². The van der Waals surface area contributed by atoms with E-state index in [0.29, 0.717) is 0 Å². The van der Waals surface area contributed by atoms with Crippen LogP contribution in [0.4, 0.5) is 0 Å². The molecule has 1 rings (SSSR count). The highest BCUT2D eigenvalue weighted by molar-refractivity contribution is 7.99. The second-order valence-electron chi connectivity index (χ2n) is 3.73. The molecule has 1 aliphatic rings. The zero-order chi connectivity index (χ0) is 10.6.